The minimum Gasteiger partial charge on any atom is -0.497 e. The van der Waals surface area contributed by atoms with Crippen molar-refractivity contribution < 1.29 is 19.1 Å². The summed E-state index contributed by atoms with van der Waals surface area (Å²) in [5, 5.41) is 15.0. The van der Waals surface area contributed by atoms with Gasteiger partial charge in [0.2, 0.25) is 10.8 Å². The Hall–Kier alpha value is -3.17. The number of halogens is 1. The van der Waals surface area contributed by atoms with Crippen LogP contribution in [0.2, 0.25) is 0 Å². The fourth-order valence-electron chi connectivity index (χ4n) is 4.24. The first-order valence-electron chi connectivity index (χ1n) is 10.1. The number of fused-ring (bicyclic) bond motifs is 1. The summed E-state index contributed by atoms with van der Waals surface area (Å²) in [7, 11) is 1.67. The van der Waals surface area contributed by atoms with Crippen molar-refractivity contribution in [3.8, 4) is 11.6 Å². The lowest BCUT2D eigenvalue weighted by Gasteiger charge is -2.37. The number of methoxy groups -OCH3 is 1. The molecule has 0 unspecified atom stereocenters. The molecule has 7 nitrogen and oxygen atoms in total. The lowest BCUT2D eigenvalue weighted by molar-refractivity contribution is -0.925. The van der Waals surface area contributed by atoms with Gasteiger partial charge in [0, 0.05) is 11.3 Å². The Labute approximate surface area is 182 Å². The molecule has 1 fully saturated rings. The number of aromatic hydroxyl groups is 1. The van der Waals surface area contributed by atoms with E-state index in [1.54, 1.807) is 19.2 Å². The molecular weight excluding hydrogens is 417 g/mol. The molecule has 0 saturated carbocycles. The van der Waals surface area contributed by atoms with Gasteiger partial charge in [-0.25, -0.2) is 9.37 Å². The highest BCUT2D eigenvalue weighted by atomic mass is 32.1. The zero-order valence-electron chi connectivity index (χ0n) is 17.0. The van der Waals surface area contributed by atoms with Gasteiger partial charge >= 0.3 is 0 Å². The van der Waals surface area contributed by atoms with Crippen LogP contribution in [-0.4, -0.2) is 53.0 Å². The second-order valence-corrected chi connectivity index (χ2v) is 8.58. The molecule has 2 N–H and O–H groups in total. The van der Waals surface area contributed by atoms with E-state index in [0.29, 0.717) is 4.96 Å². The molecular formula is C22H23FN5O2S+. The van der Waals surface area contributed by atoms with E-state index in [4.69, 9.17) is 4.74 Å². The molecule has 5 rings (SSSR count). The number of anilines is 1. The van der Waals surface area contributed by atoms with Gasteiger partial charge in [-0.15, -0.1) is 0 Å². The molecule has 0 amide bonds. The highest BCUT2D eigenvalue weighted by molar-refractivity contribution is 7.17. The minimum atomic E-state index is -0.270. The highest BCUT2D eigenvalue weighted by Crippen LogP contribution is 2.34. The van der Waals surface area contributed by atoms with E-state index in [0.717, 1.165) is 42.4 Å². The summed E-state index contributed by atoms with van der Waals surface area (Å²) in [4.78, 5) is 9.34. The number of benzene rings is 2. The third-order valence-corrected chi connectivity index (χ3v) is 6.95. The van der Waals surface area contributed by atoms with Crippen molar-refractivity contribution in [2.24, 2.45) is 0 Å². The van der Waals surface area contributed by atoms with E-state index in [9.17, 15) is 9.50 Å². The van der Waals surface area contributed by atoms with Crippen LogP contribution in [-0.2, 0) is 0 Å². The van der Waals surface area contributed by atoms with Crippen LogP contribution in [0.4, 0.5) is 10.1 Å². The molecule has 0 spiro atoms. The Balaban J connectivity index is 1.42. The fourth-order valence-corrected chi connectivity index (χ4v) is 5.36. The van der Waals surface area contributed by atoms with Gasteiger partial charge < -0.3 is 19.6 Å². The Morgan fingerprint density at radius 3 is 2.45 bits per heavy atom. The molecule has 1 saturated heterocycles. The molecule has 160 valence electrons. The maximum Gasteiger partial charge on any atom is 0.235 e. The predicted octanol–water partition coefficient (Wildman–Crippen LogP) is 2.14. The second kappa shape index (κ2) is 8.16. The topological polar surface area (TPSA) is 67.3 Å². The first kappa shape index (κ1) is 19.8. The normalized spacial score (nSPS) is 16.0. The van der Waals surface area contributed by atoms with Gasteiger partial charge in [-0.2, -0.15) is 9.61 Å². The quantitative estimate of drug-likeness (QED) is 0.498. The summed E-state index contributed by atoms with van der Waals surface area (Å²) in [5.74, 6) is 0.682. The Morgan fingerprint density at radius 2 is 1.81 bits per heavy atom. The fraction of sp³-hybridized carbons (Fsp3) is 0.273. The van der Waals surface area contributed by atoms with Crippen LogP contribution >= 0.6 is 11.3 Å². The van der Waals surface area contributed by atoms with Crippen molar-refractivity contribution in [2.75, 3.05) is 38.2 Å². The van der Waals surface area contributed by atoms with Crippen molar-refractivity contribution >= 4 is 22.0 Å². The third-order valence-electron chi connectivity index (χ3n) is 5.86. The standard InChI is InChI=1S/C22H22FN5O2S/c1-30-18-8-6-17(7-9-18)26-10-12-27(13-11-26)19(15-2-4-16(23)5-3-15)20-21(29)28-22(31-20)24-14-25-28/h2-9,14,19,29H,10-13H2,1H3/p+1/t19-/m0/s1. The molecule has 0 bridgehead atoms. The number of rotatable bonds is 5. The monoisotopic (exact) mass is 440 g/mol. The second-order valence-electron chi connectivity index (χ2n) is 7.57. The Morgan fingerprint density at radius 1 is 1.10 bits per heavy atom. The molecule has 31 heavy (non-hydrogen) atoms. The first-order valence-corrected chi connectivity index (χ1v) is 11.0. The van der Waals surface area contributed by atoms with Crippen LogP contribution < -0.4 is 14.5 Å². The van der Waals surface area contributed by atoms with Crippen molar-refractivity contribution in [3.05, 3.63) is 71.1 Å². The number of quaternary nitrogens is 1. The van der Waals surface area contributed by atoms with E-state index in [1.807, 2.05) is 12.1 Å². The van der Waals surface area contributed by atoms with Crippen molar-refractivity contribution in [2.45, 2.75) is 6.04 Å². The molecule has 1 aliphatic rings. The average molecular weight is 441 g/mol. The van der Waals surface area contributed by atoms with E-state index >= 15 is 0 Å². The van der Waals surface area contributed by atoms with Crippen molar-refractivity contribution in [1.29, 1.82) is 0 Å². The minimum absolute atomic E-state index is 0.108. The van der Waals surface area contributed by atoms with Gasteiger partial charge in [0.1, 0.15) is 22.8 Å². The number of hydrogen-bond donors (Lipinski definition) is 2. The van der Waals surface area contributed by atoms with Crippen LogP contribution in [0, 0.1) is 5.82 Å². The zero-order chi connectivity index (χ0) is 21.4. The van der Waals surface area contributed by atoms with Gasteiger partial charge in [0.25, 0.3) is 0 Å². The molecule has 2 aromatic heterocycles. The summed E-state index contributed by atoms with van der Waals surface area (Å²) in [5.41, 5.74) is 2.13. The summed E-state index contributed by atoms with van der Waals surface area (Å²) in [6.45, 7) is 3.50. The number of nitrogens with zero attached hydrogens (tertiary/aromatic N) is 4. The largest absolute Gasteiger partial charge is 0.497 e. The smallest absolute Gasteiger partial charge is 0.235 e. The van der Waals surface area contributed by atoms with E-state index in [2.05, 4.69) is 27.1 Å². The molecule has 0 radical (unpaired) electrons. The number of aromatic nitrogens is 3. The first-order chi connectivity index (χ1) is 15.1. The van der Waals surface area contributed by atoms with Crippen molar-refractivity contribution in [1.82, 2.24) is 14.6 Å². The van der Waals surface area contributed by atoms with E-state index in [1.165, 1.54) is 44.9 Å². The van der Waals surface area contributed by atoms with Crippen LogP contribution in [0.25, 0.3) is 4.96 Å². The van der Waals surface area contributed by atoms with Gasteiger partial charge in [-0.3, -0.25) is 0 Å². The van der Waals surface area contributed by atoms with Crippen LogP contribution in [0.1, 0.15) is 16.5 Å². The van der Waals surface area contributed by atoms with Crippen LogP contribution in [0.5, 0.6) is 11.6 Å². The van der Waals surface area contributed by atoms with Gasteiger partial charge in [0.05, 0.1) is 33.3 Å². The van der Waals surface area contributed by atoms with Gasteiger partial charge in [-0.05, 0) is 48.5 Å². The van der Waals surface area contributed by atoms with Gasteiger partial charge in [-0.1, -0.05) is 11.3 Å². The molecule has 3 heterocycles. The Kier molecular flexibility index (Phi) is 5.21. The molecule has 9 heteroatoms. The predicted molar refractivity (Wildman–Crippen MR) is 117 cm³/mol. The molecule has 0 aliphatic carbocycles. The summed E-state index contributed by atoms with van der Waals surface area (Å²) >= 11 is 1.43. The van der Waals surface area contributed by atoms with E-state index in [-0.39, 0.29) is 17.7 Å². The summed E-state index contributed by atoms with van der Waals surface area (Å²) < 4.78 is 20.3. The summed E-state index contributed by atoms with van der Waals surface area (Å²) in [6.07, 6.45) is 1.43. The number of hydrogen-bond acceptors (Lipinski definition) is 6. The lowest BCUT2D eigenvalue weighted by atomic mass is 10.0. The zero-order valence-corrected chi connectivity index (χ0v) is 17.8. The average Bonchev–Trinajstić information content (AvgIpc) is 3.39. The number of piperazine rings is 1. The maximum absolute atomic E-state index is 13.6. The lowest BCUT2D eigenvalue weighted by Crippen LogP contribution is -3.15. The Bertz CT molecular complexity index is 1170. The van der Waals surface area contributed by atoms with Gasteiger partial charge in [0.15, 0.2) is 6.04 Å². The number of nitrogens with one attached hydrogen (secondary N) is 1. The highest BCUT2D eigenvalue weighted by Gasteiger charge is 2.34. The molecule has 1 aliphatic heterocycles. The number of thiazole rings is 1. The molecule has 1 atom stereocenters. The molecule has 4 aromatic rings. The SMILES string of the molecule is COc1ccc(N2CC[NH+]([C@@H](c3ccc(F)cc3)c3sc4ncnn4c3O)CC2)cc1. The van der Waals surface area contributed by atoms with Crippen molar-refractivity contribution in [3.63, 3.8) is 0 Å². The van der Waals surface area contributed by atoms with Crippen LogP contribution in [0.3, 0.4) is 0 Å². The molecule has 2 aromatic carbocycles. The third kappa shape index (κ3) is 3.70. The van der Waals surface area contributed by atoms with Crippen LogP contribution in [0.15, 0.2) is 54.9 Å². The maximum atomic E-state index is 13.6. The van der Waals surface area contributed by atoms with E-state index < -0.39 is 0 Å². The number of ether oxygens (including phenoxy) is 1. The summed E-state index contributed by atoms with van der Waals surface area (Å²) in [6, 6.07) is 14.5.